The van der Waals surface area contributed by atoms with Gasteiger partial charge in [0.15, 0.2) is 0 Å². The van der Waals surface area contributed by atoms with Gasteiger partial charge in [0, 0.05) is 23.1 Å². The maximum atomic E-state index is 12.1. The molecule has 0 amide bonds. The third kappa shape index (κ3) is 2.48. The van der Waals surface area contributed by atoms with Gasteiger partial charge >= 0.3 is 5.97 Å². The zero-order valence-corrected chi connectivity index (χ0v) is 15.4. The molecule has 1 N–H and O–H groups in total. The number of esters is 1. The van der Waals surface area contributed by atoms with Gasteiger partial charge in [0.05, 0.1) is 24.4 Å². The Kier molecular flexibility index (Phi) is 4.16. The monoisotopic (exact) mass is 369 g/mol. The Morgan fingerprint density at radius 2 is 2.15 bits per heavy atom. The van der Waals surface area contributed by atoms with Crippen LogP contribution in [-0.2, 0) is 27.8 Å². The van der Waals surface area contributed by atoms with Crippen molar-refractivity contribution in [2.45, 2.75) is 50.4 Å². The van der Waals surface area contributed by atoms with Gasteiger partial charge in [-0.15, -0.1) is 11.3 Å². The molecule has 0 radical (unpaired) electrons. The zero-order valence-electron chi connectivity index (χ0n) is 14.5. The predicted octanol–water partition coefficient (Wildman–Crippen LogP) is 3.50. The molecule has 2 aromatic rings. The molecule has 4 rings (SSSR count). The maximum absolute atomic E-state index is 12.1. The summed E-state index contributed by atoms with van der Waals surface area (Å²) in [4.78, 5) is 23.3. The summed E-state index contributed by atoms with van der Waals surface area (Å²) in [5.74, 6) is -0.570. The molecule has 0 aliphatic heterocycles. The minimum atomic E-state index is -0.955. The highest BCUT2D eigenvalue weighted by Gasteiger charge is 2.43. The lowest BCUT2D eigenvalue weighted by Gasteiger charge is -2.31. The van der Waals surface area contributed by atoms with Crippen molar-refractivity contribution < 1.29 is 14.6 Å². The van der Waals surface area contributed by atoms with Gasteiger partial charge in [0.1, 0.15) is 22.3 Å². The Morgan fingerprint density at radius 1 is 1.35 bits per heavy atom. The molecule has 0 bridgehead atoms. The fourth-order valence-electron chi connectivity index (χ4n) is 4.09. The van der Waals surface area contributed by atoms with E-state index < -0.39 is 11.4 Å². The normalized spacial score (nSPS) is 22.8. The number of nitrogens with zero attached hydrogens (tertiary/aromatic N) is 3. The van der Waals surface area contributed by atoms with Crippen molar-refractivity contribution >= 4 is 27.5 Å². The standard InChI is InChI=1S/C19H19N3O3S/c1-25-18(24)12-8-19(9-20,7-6-13(12)23)16-15-11-4-2-3-5-14(11)26-17(15)22-10-21-16/h10,23H,2-8H2,1H3/t19-/m1/s1. The molecule has 1 atom stereocenters. The number of hydrogen-bond donors (Lipinski definition) is 1. The van der Waals surface area contributed by atoms with Crippen molar-refractivity contribution in [1.29, 1.82) is 5.26 Å². The zero-order chi connectivity index (χ0) is 18.3. The molecule has 2 aromatic heterocycles. The van der Waals surface area contributed by atoms with Crippen LogP contribution in [0.3, 0.4) is 0 Å². The van der Waals surface area contributed by atoms with Crippen molar-refractivity contribution in [3.63, 3.8) is 0 Å². The first-order valence-electron chi connectivity index (χ1n) is 8.76. The number of fused-ring (bicyclic) bond motifs is 3. The minimum absolute atomic E-state index is 0.0142. The summed E-state index contributed by atoms with van der Waals surface area (Å²) in [5.41, 5.74) is 1.18. The van der Waals surface area contributed by atoms with Crippen LogP contribution in [0, 0.1) is 11.3 Å². The molecule has 2 heterocycles. The van der Waals surface area contributed by atoms with E-state index in [0.29, 0.717) is 12.1 Å². The number of aryl methyl sites for hydroxylation is 2. The third-order valence-electron chi connectivity index (χ3n) is 5.47. The Morgan fingerprint density at radius 3 is 2.92 bits per heavy atom. The summed E-state index contributed by atoms with van der Waals surface area (Å²) in [7, 11) is 1.28. The largest absolute Gasteiger partial charge is 0.512 e. The minimum Gasteiger partial charge on any atom is -0.512 e. The van der Waals surface area contributed by atoms with E-state index in [0.717, 1.165) is 29.5 Å². The van der Waals surface area contributed by atoms with Gasteiger partial charge in [-0.1, -0.05) is 0 Å². The number of aliphatic hydroxyl groups is 1. The van der Waals surface area contributed by atoms with E-state index in [9.17, 15) is 15.2 Å². The van der Waals surface area contributed by atoms with Gasteiger partial charge in [-0.25, -0.2) is 14.8 Å². The van der Waals surface area contributed by atoms with Gasteiger partial charge in [-0.05, 0) is 37.7 Å². The molecule has 26 heavy (non-hydrogen) atoms. The van der Waals surface area contributed by atoms with E-state index in [2.05, 4.69) is 16.0 Å². The number of rotatable bonds is 2. The smallest absolute Gasteiger partial charge is 0.337 e. The van der Waals surface area contributed by atoms with Crippen molar-refractivity contribution in [3.05, 3.63) is 33.8 Å². The summed E-state index contributed by atoms with van der Waals surface area (Å²) >= 11 is 1.69. The molecule has 0 saturated carbocycles. The van der Waals surface area contributed by atoms with Crippen LogP contribution in [0.15, 0.2) is 17.7 Å². The van der Waals surface area contributed by atoms with Crippen LogP contribution >= 0.6 is 11.3 Å². The summed E-state index contributed by atoms with van der Waals surface area (Å²) in [6, 6.07) is 2.41. The number of carbonyl (C=O) groups is 1. The number of methoxy groups -OCH3 is 1. The molecular weight excluding hydrogens is 350 g/mol. The van der Waals surface area contributed by atoms with Crippen LogP contribution < -0.4 is 0 Å². The summed E-state index contributed by atoms with van der Waals surface area (Å²) in [5, 5.41) is 21.2. The van der Waals surface area contributed by atoms with Crippen LogP contribution in [0.5, 0.6) is 0 Å². The predicted molar refractivity (Wildman–Crippen MR) is 96.9 cm³/mol. The first kappa shape index (κ1) is 17.0. The highest BCUT2D eigenvalue weighted by Crippen LogP contribution is 2.46. The quantitative estimate of drug-likeness (QED) is 0.814. The van der Waals surface area contributed by atoms with Gasteiger partial charge in [0.25, 0.3) is 0 Å². The van der Waals surface area contributed by atoms with Gasteiger partial charge in [0.2, 0.25) is 0 Å². The Hall–Kier alpha value is -2.46. The van der Waals surface area contributed by atoms with Crippen LogP contribution in [0.2, 0.25) is 0 Å². The molecule has 0 saturated heterocycles. The average molecular weight is 369 g/mol. The lowest BCUT2D eigenvalue weighted by atomic mass is 9.70. The molecule has 0 fully saturated rings. The molecule has 134 valence electrons. The molecule has 2 aliphatic rings. The molecule has 0 aromatic carbocycles. The molecule has 2 aliphatic carbocycles. The number of ether oxygens (including phenoxy) is 1. The molecule has 6 nitrogen and oxygen atoms in total. The second kappa shape index (κ2) is 6.36. The van der Waals surface area contributed by atoms with Gasteiger partial charge in [-0.3, -0.25) is 0 Å². The summed E-state index contributed by atoms with van der Waals surface area (Å²) in [6.45, 7) is 0. The first-order chi connectivity index (χ1) is 12.6. The first-order valence-corrected chi connectivity index (χ1v) is 9.57. The topological polar surface area (TPSA) is 96.1 Å². The highest BCUT2D eigenvalue weighted by molar-refractivity contribution is 7.18. The average Bonchev–Trinajstić information content (AvgIpc) is 3.07. The molecule has 0 spiro atoms. The van der Waals surface area contributed by atoms with E-state index in [-0.39, 0.29) is 24.2 Å². The SMILES string of the molecule is COC(=O)C1=C(O)CC[C@@](C#N)(c2ncnc3sc4c(c23)CCCC4)C1. The van der Waals surface area contributed by atoms with Crippen LogP contribution in [0.25, 0.3) is 10.2 Å². The second-order valence-corrected chi connectivity index (χ2v) is 7.98. The fraction of sp³-hybridized carbons (Fsp3) is 0.474. The number of hydrogen-bond acceptors (Lipinski definition) is 7. The maximum Gasteiger partial charge on any atom is 0.337 e. The number of allylic oxidation sites excluding steroid dienone is 1. The number of nitriles is 1. The highest BCUT2D eigenvalue weighted by atomic mass is 32.1. The van der Waals surface area contributed by atoms with Crippen LogP contribution in [0.1, 0.15) is 48.2 Å². The molecular formula is C19H19N3O3S. The van der Waals surface area contributed by atoms with Gasteiger partial charge < -0.3 is 9.84 Å². The van der Waals surface area contributed by atoms with Crippen LogP contribution in [0.4, 0.5) is 0 Å². The Balaban J connectivity index is 1.90. The van der Waals surface area contributed by atoms with E-state index in [1.807, 2.05) is 0 Å². The van der Waals surface area contributed by atoms with Crippen molar-refractivity contribution in [2.24, 2.45) is 0 Å². The van der Waals surface area contributed by atoms with Crippen molar-refractivity contribution in [1.82, 2.24) is 9.97 Å². The van der Waals surface area contributed by atoms with E-state index in [1.165, 1.54) is 30.3 Å². The molecule has 0 unspecified atom stereocenters. The van der Waals surface area contributed by atoms with E-state index >= 15 is 0 Å². The van der Waals surface area contributed by atoms with E-state index in [1.54, 1.807) is 11.3 Å². The number of thiophene rings is 1. The molecule has 7 heteroatoms. The lowest BCUT2D eigenvalue weighted by Crippen LogP contribution is -2.32. The van der Waals surface area contributed by atoms with E-state index in [4.69, 9.17) is 4.74 Å². The second-order valence-electron chi connectivity index (χ2n) is 6.90. The fourth-order valence-corrected chi connectivity index (χ4v) is 5.32. The van der Waals surface area contributed by atoms with Crippen molar-refractivity contribution in [2.75, 3.05) is 7.11 Å². The number of aliphatic hydroxyl groups excluding tert-OH is 1. The third-order valence-corrected chi connectivity index (χ3v) is 6.67. The number of aromatic nitrogens is 2. The summed E-state index contributed by atoms with van der Waals surface area (Å²) in [6.07, 6.45) is 6.62. The van der Waals surface area contributed by atoms with Crippen molar-refractivity contribution in [3.8, 4) is 6.07 Å². The van der Waals surface area contributed by atoms with Gasteiger partial charge in [-0.2, -0.15) is 5.26 Å². The Labute approximate surface area is 155 Å². The number of carbonyl (C=O) groups excluding carboxylic acids is 1. The summed E-state index contributed by atoms with van der Waals surface area (Å²) < 4.78 is 4.80. The van der Waals surface area contributed by atoms with Crippen LogP contribution in [-0.4, -0.2) is 28.2 Å². The Bertz CT molecular complexity index is 972. The lowest BCUT2D eigenvalue weighted by molar-refractivity contribution is -0.136.